The van der Waals surface area contributed by atoms with E-state index in [1.807, 2.05) is 59.5 Å². The molecule has 5 rings (SSSR count). The number of carbonyl (C=O) groups excluding carboxylic acids is 1. The highest BCUT2D eigenvalue weighted by Gasteiger charge is 2.34. The summed E-state index contributed by atoms with van der Waals surface area (Å²) in [5.41, 5.74) is 2.82. The molecule has 1 atom stereocenters. The molecule has 4 aromatic rings. The number of hydrogen-bond donors (Lipinski definition) is 0. The van der Waals surface area contributed by atoms with E-state index in [-0.39, 0.29) is 11.8 Å². The van der Waals surface area contributed by atoms with Crippen LogP contribution in [0.15, 0.2) is 72.8 Å². The fourth-order valence-corrected chi connectivity index (χ4v) is 4.43. The third-order valence-corrected chi connectivity index (χ3v) is 6.21. The lowest BCUT2D eigenvalue weighted by atomic mass is 10.1. The topological polar surface area (TPSA) is 47.4 Å². The summed E-state index contributed by atoms with van der Waals surface area (Å²) in [6.45, 7) is 1.70. The molecular weight excluding hydrogens is 445 g/mol. The molecule has 1 aliphatic heterocycles. The monoisotopic (exact) mass is 465 g/mol. The van der Waals surface area contributed by atoms with Crippen molar-refractivity contribution in [2.75, 3.05) is 18.1 Å². The van der Waals surface area contributed by atoms with Gasteiger partial charge in [-0.2, -0.15) is 0 Å². The smallest absolute Gasteiger partial charge is 0.227 e. The lowest BCUT2D eigenvalue weighted by molar-refractivity contribution is -0.117. The Bertz CT molecular complexity index is 1250. The fraction of sp³-hybridized carbons (Fsp3) is 0.200. The number of rotatable bonds is 6. The molecule has 0 unspecified atom stereocenters. The van der Waals surface area contributed by atoms with Gasteiger partial charge in [-0.1, -0.05) is 35.3 Å². The highest BCUT2D eigenvalue weighted by molar-refractivity contribution is 6.30. The first-order valence-corrected chi connectivity index (χ1v) is 11.2. The van der Waals surface area contributed by atoms with Crippen LogP contribution in [0, 0.1) is 0 Å². The maximum absolute atomic E-state index is 12.8. The molecule has 0 spiro atoms. The van der Waals surface area contributed by atoms with Gasteiger partial charge in [0.25, 0.3) is 0 Å². The molecule has 0 bridgehead atoms. The zero-order valence-electron chi connectivity index (χ0n) is 17.2. The van der Waals surface area contributed by atoms with Crippen LogP contribution in [0.25, 0.3) is 11.0 Å². The van der Waals surface area contributed by atoms with Gasteiger partial charge >= 0.3 is 0 Å². The summed E-state index contributed by atoms with van der Waals surface area (Å²) in [5, 5.41) is 1.33. The molecule has 0 radical (unpaired) electrons. The van der Waals surface area contributed by atoms with Crippen molar-refractivity contribution in [1.29, 1.82) is 0 Å². The van der Waals surface area contributed by atoms with E-state index in [1.165, 1.54) is 0 Å². The van der Waals surface area contributed by atoms with Crippen molar-refractivity contribution >= 4 is 45.8 Å². The Morgan fingerprint density at radius 2 is 1.62 bits per heavy atom. The lowest BCUT2D eigenvalue weighted by Crippen LogP contribution is -2.24. The zero-order valence-corrected chi connectivity index (χ0v) is 18.8. The lowest BCUT2D eigenvalue weighted by Gasteiger charge is -2.17. The minimum atomic E-state index is 0.00103. The second-order valence-corrected chi connectivity index (χ2v) is 8.67. The minimum Gasteiger partial charge on any atom is -0.492 e. The van der Waals surface area contributed by atoms with Crippen LogP contribution in [0.3, 0.4) is 0 Å². The number of fused-ring (bicyclic) bond motifs is 1. The number of para-hydroxylation sites is 2. The quantitative estimate of drug-likeness (QED) is 0.353. The van der Waals surface area contributed by atoms with Crippen molar-refractivity contribution in [1.82, 2.24) is 9.55 Å². The van der Waals surface area contributed by atoms with Gasteiger partial charge < -0.3 is 14.2 Å². The maximum Gasteiger partial charge on any atom is 0.227 e. The number of imidazole rings is 1. The SMILES string of the molecule is O=C1C[C@@H](c2nc3ccccc3n2CCOc2ccc(Cl)cc2)CN1c1ccc(Cl)cc1. The first kappa shape index (κ1) is 20.9. The largest absolute Gasteiger partial charge is 0.492 e. The van der Waals surface area contributed by atoms with E-state index in [0.29, 0.717) is 36.2 Å². The van der Waals surface area contributed by atoms with Gasteiger partial charge in [-0.15, -0.1) is 0 Å². The van der Waals surface area contributed by atoms with Crippen molar-refractivity contribution in [2.24, 2.45) is 0 Å². The van der Waals surface area contributed by atoms with Crippen molar-refractivity contribution in [3.63, 3.8) is 0 Å². The van der Waals surface area contributed by atoms with Gasteiger partial charge in [0.15, 0.2) is 0 Å². The molecule has 3 aromatic carbocycles. The van der Waals surface area contributed by atoms with Crippen molar-refractivity contribution in [3.05, 3.63) is 88.7 Å². The van der Waals surface area contributed by atoms with Gasteiger partial charge in [0.05, 0.1) is 17.6 Å². The molecule has 162 valence electrons. The van der Waals surface area contributed by atoms with E-state index >= 15 is 0 Å². The van der Waals surface area contributed by atoms with Gasteiger partial charge in [0.2, 0.25) is 5.91 Å². The molecule has 7 heteroatoms. The van der Waals surface area contributed by atoms with Crippen molar-refractivity contribution < 1.29 is 9.53 Å². The summed E-state index contributed by atoms with van der Waals surface area (Å²) in [7, 11) is 0. The normalized spacial score (nSPS) is 16.1. The van der Waals surface area contributed by atoms with Crippen LogP contribution < -0.4 is 9.64 Å². The second kappa shape index (κ2) is 8.85. The van der Waals surface area contributed by atoms with Crippen molar-refractivity contribution in [3.8, 4) is 5.75 Å². The highest BCUT2D eigenvalue weighted by atomic mass is 35.5. The second-order valence-electron chi connectivity index (χ2n) is 7.79. The van der Waals surface area contributed by atoms with E-state index < -0.39 is 0 Å². The molecule has 2 heterocycles. The predicted octanol–water partition coefficient (Wildman–Crippen LogP) is 5.94. The molecule has 1 aromatic heterocycles. The predicted molar refractivity (Wildman–Crippen MR) is 128 cm³/mol. The van der Waals surface area contributed by atoms with Crippen LogP contribution in [0.1, 0.15) is 18.2 Å². The number of amides is 1. The van der Waals surface area contributed by atoms with Gasteiger partial charge in [0, 0.05) is 34.6 Å². The third-order valence-electron chi connectivity index (χ3n) is 5.71. The van der Waals surface area contributed by atoms with Crippen LogP contribution in [0.5, 0.6) is 5.75 Å². The van der Waals surface area contributed by atoms with Crippen LogP contribution in [0.4, 0.5) is 5.69 Å². The maximum atomic E-state index is 12.8. The summed E-state index contributed by atoms with van der Waals surface area (Å²) in [6, 6.07) is 22.8. The summed E-state index contributed by atoms with van der Waals surface area (Å²) >= 11 is 12.0. The van der Waals surface area contributed by atoms with Crippen LogP contribution in [-0.2, 0) is 11.3 Å². The highest BCUT2D eigenvalue weighted by Crippen LogP contribution is 2.33. The molecule has 0 saturated carbocycles. The number of carbonyl (C=O) groups is 1. The number of benzene rings is 3. The molecule has 0 aliphatic carbocycles. The Labute approximate surface area is 196 Å². The van der Waals surface area contributed by atoms with E-state index in [0.717, 1.165) is 28.3 Å². The number of hydrogen-bond acceptors (Lipinski definition) is 3. The number of aromatic nitrogens is 2. The summed E-state index contributed by atoms with van der Waals surface area (Å²) < 4.78 is 8.10. The molecule has 1 fully saturated rings. The van der Waals surface area contributed by atoms with Crippen LogP contribution in [0.2, 0.25) is 10.0 Å². The molecule has 32 heavy (non-hydrogen) atoms. The molecule has 1 amide bonds. The Kier molecular flexibility index (Phi) is 5.77. The number of ether oxygens (including phenoxy) is 1. The Balaban J connectivity index is 1.39. The molecule has 1 aliphatic rings. The first-order chi connectivity index (χ1) is 15.6. The fourth-order valence-electron chi connectivity index (χ4n) is 4.18. The van der Waals surface area contributed by atoms with Crippen molar-refractivity contribution in [2.45, 2.75) is 18.9 Å². The summed E-state index contributed by atoms with van der Waals surface area (Å²) in [5.74, 6) is 1.77. The van der Waals surface area contributed by atoms with Gasteiger partial charge in [-0.05, 0) is 60.7 Å². The average molecular weight is 466 g/mol. The van der Waals surface area contributed by atoms with Crippen LogP contribution >= 0.6 is 23.2 Å². The molecular formula is C25H21Cl2N3O2. The Morgan fingerprint density at radius 3 is 2.38 bits per heavy atom. The summed E-state index contributed by atoms with van der Waals surface area (Å²) in [6.07, 6.45) is 0.421. The Morgan fingerprint density at radius 1 is 0.938 bits per heavy atom. The number of halogens is 2. The standard InChI is InChI=1S/C25H21Cl2N3O2/c26-18-5-9-20(10-6-18)30-16-17(15-24(30)31)25-28-22-3-1-2-4-23(22)29(25)13-14-32-21-11-7-19(27)8-12-21/h1-12,17H,13-16H2/t17-/m1/s1. The van der Waals surface area contributed by atoms with E-state index in [2.05, 4.69) is 10.6 Å². The molecule has 5 nitrogen and oxygen atoms in total. The number of nitrogens with zero attached hydrogens (tertiary/aromatic N) is 3. The first-order valence-electron chi connectivity index (χ1n) is 10.5. The minimum absolute atomic E-state index is 0.00103. The van der Waals surface area contributed by atoms with E-state index in [1.54, 1.807) is 12.1 Å². The third kappa shape index (κ3) is 4.18. The van der Waals surface area contributed by atoms with Crippen LogP contribution in [-0.4, -0.2) is 28.6 Å². The van der Waals surface area contributed by atoms with Gasteiger partial charge in [-0.3, -0.25) is 4.79 Å². The van der Waals surface area contributed by atoms with E-state index in [9.17, 15) is 4.79 Å². The zero-order chi connectivity index (χ0) is 22.1. The molecule has 0 N–H and O–H groups in total. The van der Waals surface area contributed by atoms with Gasteiger partial charge in [0.1, 0.15) is 18.2 Å². The summed E-state index contributed by atoms with van der Waals surface area (Å²) in [4.78, 5) is 19.5. The average Bonchev–Trinajstić information content (AvgIpc) is 3.36. The Hall–Kier alpha value is -3.02. The van der Waals surface area contributed by atoms with E-state index in [4.69, 9.17) is 32.9 Å². The number of anilines is 1. The van der Waals surface area contributed by atoms with Gasteiger partial charge in [-0.25, -0.2) is 4.98 Å². The molecule has 1 saturated heterocycles.